The number of aliphatic imine (C=N–C) groups is 1. The van der Waals surface area contributed by atoms with Crippen LogP contribution in [0.2, 0.25) is 0 Å². The summed E-state index contributed by atoms with van der Waals surface area (Å²) in [6.07, 6.45) is 4.94. The number of aromatic nitrogens is 1. The first-order valence-corrected chi connectivity index (χ1v) is 5.53. The molecule has 84 valence electrons. The molecule has 0 amide bonds. The van der Waals surface area contributed by atoms with Crippen LogP contribution in [0.1, 0.15) is 17.5 Å². The van der Waals surface area contributed by atoms with Crippen LogP contribution in [0.3, 0.4) is 0 Å². The van der Waals surface area contributed by atoms with Crippen LogP contribution in [0, 0.1) is 0 Å². The molecular weight excluding hydrogens is 216 g/mol. The number of carbonyl (C=O) groups excluding carboxylic acids is 1. The topological polar surface area (TPSA) is 55.5 Å². The van der Waals surface area contributed by atoms with Gasteiger partial charge in [-0.2, -0.15) is 0 Å². The van der Waals surface area contributed by atoms with Gasteiger partial charge in [-0.3, -0.25) is 0 Å². The SMILES string of the molecule is O=C=Nc1cc(-c2ccc3c(c2)CCC3)on1. The Morgan fingerprint density at radius 3 is 3.00 bits per heavy atom. The zero-order chi connectivity index (χ0) is 11.7. The van der Waals surface area contributed by atoms with Crippen LogP contribution in [0.15, 0.2) is 33.8 Å². The van der Waals surface area contributed by atoms with Gasteiger partial charge in [-0.15, -0.1) is 4.99 Å². The standard InChI is InChI=1S/C13H10N2O2/c16-8-14-13-7-12(17-15-13)11-5-4-9-2-1-3-10(9)6-11/h4-7H,1-3H2. The number of isocyanates is 1. The molecule has 3 rings (SSSR count). The van der Waals surface area contributed by atoms with Crippen molar-refractivity contribution in [1.29, 1.82) is 0 Å². The van der Waals surface area contributed by atoms with E-state index in [0.717, 1.165) is 18.4 Å². The highest BCUT2D eigenvalue weighted by Crippen LogP contribution is 2.29. The molecule has 0 aliphatic heterocycles. The molecule has 0 saturated heterocycles. The van der Waals surface area contributed by atoms with Gasteiger partial charge in [0.1, 0.15) is 0 Å². The zero-order valence-electron chi connectivity index (χ0n) is 9.14. The average Bonchev–Trinajstić information content (AvgIpc) is 2.96. The van der Waals surface area contributed by atoms with E-state index in [1.54, 1.807) is 6.07 Å². The van der Waals surface area contributed by atoms with Crippen molar-refractivity contribution in [3.63, 3.8) is 0 Å². The molecule has 0 unspecified atom stereocenters. The number of hydrogen-bond donors (Lipinski definition) is 0. The third-order valence-electron chi connectivity index (χ3n) is 3.04. The van der Waals surface area contributed by atoms with Crippen LogP contribution >= 0.6 is 0 Å². The fourth-order valence-electron chi connectivity index (χ4n) is 2.23. The molecule has 4 nitrogen and oxygen atoms in total. The molecule has 0 spiro atoms. The molecule has 0 atom stereocenters. The molecule has 0 radical (unpaired) electrons. The molecule has 0 saturated carbocycles. The molecule has 4 heteroatoms. The van der Waals surface area contributed by atoms with E-state index in [0.29, 0.717) is 5.76 Å². The number of rotatable bonds is 2. The van der Waals surface area contributed by atoms with E-state index in [2.05, 4.69) is 22.3 Å². The van der Waals surface area contributed by atoms with Crippen molar-refractivity contribution in [1.82, 2.24) is 5.16 Å². The molecule has 1 heterocycles. The minimum Gasteiger partial charge on any atom is -0.354 e. The number of hydrogen-bond acceptors (Lipinski definition) is 4. The summed E-state index contributed by atoms with van der Waals surface area (Å²) in [5.41, 5.74) is 3.77. The fraction of sp³-hybridized carbons (Fsp3) is 0.231. The van der Waals surface area contributed by atoms with Crippen LogP contribution in [0.4, 0.5) is 5.82 Å². The Morgan fingerprint density at radius 2 is 2.12 bits per heavy atom. The molecule has 1 aromatic carbocycles. The molecular formula is C13H10N2O2. The summed E-state index contributed by atoms with van der Waals surface area (Å²) in [6, 6.07) is 7.90. The first-order chi connectivity index (χ1) is 8.36. The molecule has 1 aliphatic carbocycles. The lowest BCUT2D eigenvalue weighted by atomic mass is 10.1. The Kier molecular flexibility index (Phi) is 2.35. The Balaban J connectivity index is 2.00. The van der Waals surface area contributed by atoms with Crippen molar-refractivity contribution in [3.8, 4) is 11.3 Å². The molecule has 1 aliphatic rings. The fourth-order valence-corrected chi connectivity index (χ4v) is 2.23. The van der Waals surface area contributed by atoms with Gasteiger partial charge in [-0.1, -0.05) is 17.3 Å². The molecule has 0 fully saturated rings. The maximum absolute atomic E-state index is 10.1. The molecule has 0 bridgehead atoms. The molecule has 2 aromatic rings. The normalized spacial score (nSPS) is 13.2. The van der Waals surface area contributed by atoms with Gasteiger partial charge in [0.25, 0.3) is 0 Å². The summed E-state index contributed by atoms with van der Waals surface area (Å²) >= 11 is 0. The smallest absolute Gasteiger partial charge is 0.242 e. The first-order valence-electron chi connectivity index (χ1n) is 5.53. The van der Waals surface area contributed by atoms with Crippen LogP contribution in [0.5, 0.6) is 0 Å². The van der Waals surface area contributed by atoms with E-state index >= 15 is 0 Å². The van der Waals surface area contributed by atoms with Gasteiger partial charge in [0.05, 0.1) is 0 Å². The predicted molar refractivity (Wildman–Crippen MR) is 61.7 cm³/mol. The second-order valence-electron chi connectivity index (χ2n) is 4.09. The monoisotopic (exact) mass is 226 g/mol. The molecule has 17 heavy (non-hydrogen) atoms. The number of nitrogens with zero attached hydrogens (tertiary/aromatic N) is 2. The van der Waals surface area contributed by atoms with Crippen LogP contribution in [0.25, 0.3) is 11.3 Å². The maximum atomic E-state index is 10.1. The van der Waals surface area contributed by atoms with Gasteiger partial charge in [0.2, 0.25) is 11.9 Å². The second kappa shape index (κ2) is 4.00. The minimum absolute atomic E-state index is 0.260. The van der Waals surface area contributed by atoms with E-state index in [9.17, 15) is 4.79 Å². The van der Waals surface area contributed by atoms with Crippen LogP contribution in [-0.4, -0.2) is 11.2 Å². The lowest BCUT2D eigenvalue weighted by Crippen LogP contribution is -1.83. The summed E-state index contributed by atoms with van der Waals surface area (Å²) in [5.74, 6) is 0.893. The van der Waals surface area contributed by atoms with Gasteiger partial charge in [-0.25, -0.2) is 4.79 Å². The highest BCUT2D eigenvalue weighted by molar-refractivity contribution is 5.62. The average molecular weight is 226 g/mol. The van der Waals surface area contributed by atoms with Gasteiger partial charge in [0.15, 0.2) is 5.76 Å². The Hall–Kier alpha value is -2.19. The van der Waals surface area contributed by atoms with Gasteiger partial charge < -0.3 is 4.52 Å². The van der Waals surface area contributed by atoms with Gasteiger partial charge in [0, 0.05) is 11.6 Å². The predicted octanol–water partition coefficient (Wildman–Crippen LogP) is 2.80. The molecule has 1 aromatic heterocycles. The van der Waals surface area contributed by atoms with Crippen molar-refractivity contribution >= 4 is 11.9 Å². The molecule has 0 N–H and O–H groups in total. The third kappa shape index (κ3) is 1.79. The van der Waals surface area contributed by atoms with E-state index in [4.69, 9.17) is 4.52 Å². The Bertz CT molecular complexity index is 610. The summed E-state index contributed by atoms with van der Waals surface area (Å²) in [4.78, 5) is 13.5. The summed E-state index contributed by atoms with van der Waals surface area (Å²) in [6.45, 7) is 0. The minimum atomic E-state index is 0.260. The van der Waals surface area contributed by atoms with Gasteiger partial charge >= 0.3 is 0 Å². The van der Waals surface area contributed by atoms with E-state index < -0.39 is 0 Å². The van der Waals surface area contributed by atoms with E-state index in [1.165, 1.54) is 23.6 Å². The van der Waals surface area contributed by atoms with E-state index in [-0.39, 0.29) is 5.82 Å². The Morgan fingerprint density at radius 1 is 1.24 bits per heavy atom. The highest BCUT2D eigenvalue weighted by atomic mass is 16.5. The van der Waals surface area contributed by atoms with E-state index in [1.807, 2.05) is 6.07 Å². The summed E-state index contributed by atoms with van der Waals surface area (Å²) < 4.78 is 5.14. The highest BCUT2D eigenvalue weighted by Gasteiger charge is 2.13. The zero-order valence-corrected chi connectivity index (χ0v) is 9.14. The summed E-state index contributed by atoms with van der Waals surface area (Å²) in [7, 11) is 0. The van der Waals surface area contributed by atoms with Crippen molar-refractivity contribution in [2.75, 3.05) is 0 Å². The van der Waals surface area contributed by atoms with Crippen molar-refractivity contribution < 1.29 is 9.32 Å². The van der Waals surface area contributed by atoms with Crippen molar-refractivity contribution in [2.45, 2.75) is 19.3 Å². The largest absolute Gasteiger partial charge is 0.354 e. The quantitative estimate of drug-likeness (QED) is 0.584. The lowest BCUT2D eigenvalue weighted by molar-refractivity contribution is 0.434. The lowest BCUT2D eigenvalue weighted by Gasteiger charge is -2.00. The van der Waals surface area contributed by atoms with Gasteiger partial charge in [-0.05, 0) is 36.5 Å². The first kappa shape index (κ1) is 10.00. The second-order valence-corrected chi connectivity index (χ2v) is 4.09. The van der Waals surface area contributed by atoms with Crippen LogP contribution < -0.4 is 0 Å². The third-order valence-corrected chi connectivity index (χ3v) is 3.04. The maximum Gasteiger partial charge on any atom is 0.242 e. The van der Waals surface area contributed by atoms with Crippen molar-refractivity contribution in [2.24, 2.45) is 4.99 Å². The number of benzene rings is 1. The van der Waals surface area contributed by atoms with Crippen molar-refractivity contribution in [3.05, 3.63) is 35.4 Å². The number of fused-ring (bicyclic) bond motifs is 1. The number of aryl methyl sites for hydroxylation is 2. The van der Waals surface area contributed by atoms with Crippen LogP contribution in [-0.2, 0) is 17.6 Å². The Labute approximate surface area is 98.0 Å². The summed E-state index contributed by atoms with van der Waals surface area (Å²) in [5, 5.41) is 3.67.